The molecule has 0 aliphatic carbocycles. The number of anilines is 1. The Morgan fingerprint density at radius 3 is 2.43 bits per heavy atom. The molecule has 0 bridgehead atoms. The zero-order valence-corrected chi connectivity index (χ0v) is 16.9. The topological polar surface area (TPSA) is 109 Å². The molecule has 0 saturated heterocycles. The van der Waals surface area contributed by atoms with Crippen molar-refractivity contribution in [3.05, 3.63) is 47.2 Å². The number of ether oxygens (including phenoxy) is 1. The van der Waals surface area contributed by atoms with Crippen molar-refractivity contribution in [2.45, 2.75) is 31.3 Å². The predicted molar refractivity (Wildman–Crippen MR) is 103 cm³/mol. The summed E-state index contributed by atoms with van der Waals surface area (Å²) in [5, 5.41) is 0.0927. The summed E-state index contributed by atoms with van der Waals surface area (Å²) in [6.07, 6.45) is 0. The van der Waals surface area contributed by atoms with Crippen LogP contribution < -0.4 is 9.92 Å². The Balaban J connectivity index is 1.93. The molecule has 28 heavy (non-hydrogen) atoms. The van der Waals surface area contributed by atoms with Gasteiger partial charge in [-0.2, -0.15) is 8.42 Å². The van der Waals surface area contributed by atoms with Crippen LogP contribution in [-0.4, -0.2) is 25.0 Å². The second kappa shape index (κ2) is 7.02. The van der Waals surface area contributed by atoms with E-state index in [1.54, 1.807) is 20.8 Å². The monoisotopic (exact) mass is 424 g/mol. The van der Waals surface area contributed by atoms with Gasteiger partial charge in [0.2, 0.25) is 5.01 Å². The number of hydrogen-bond donors (Lipinski definition) is 1. The zero-order valence-electron chi connectivity index (χ0n) is 15.2. The smallest absolute Gasteiger partial charge is 0.367 e. The van der Waals surface area contributed by atoms with Crippen LogP contribution in [-0.2, 0) is 14.9 Å². The molecule has 0 unspecified atom stereocenters. The summed E-state index contributed by atoms with van der Waals surface area (Å²) in [5.41, 5.74) is 5.75. The third-order valence-corrected chi connectivity index (χ3v) is 5.62. The molecule has 3 rings (SSSR count). The van der Waals surface area contributed by atoms with Crippen LogP contribution in [0, 0.1) is 5.82 Å². The van der Waals surface area contributed by atoms with Crippen LogP contribution in [0.5, 0.6) is 5.75 Å². The van der Waals surface area contributed by atoms with E-state index in [0.29, 0.717) is 10.2 Å². The van der Waals surface area contributed by atoms with E-state index in [4.69, 9.17) is 14.7 Å². The maximum atomic E-state index is 13.0. The number of carbonyl (C=O) groups excluding carboxylic acids is 1. The normalized spacial score (nSPS) is 12.1. The fourth-order valence-corrected chi connectivity index (χ4v) is 4.08. The molecular formula is C18H17FN2O5S2. The highest BCUT2D eigenvalue weighted by molar-refractivity contribution is 7.87. The van der Waals surface area contributed by atoms with Gasteiger partial charge in [-0.1, -0.05) is 0 Å². The van der Waals surface area contributed by atoms with Crippen molar-refractivity contribution in [3.63, 3.8) is 0 Å². The lowest BCUT2D eigenvalue weighted by molar-refractivity contribution is 0.00694. The summed E-state index contributed by atoms with van der Waals surface area (Å²) in [7, 11) is -4.18. The van der Waals surface area contributed by atoms with Crippen molar-refractivity contribution >= 4 is 43.3 Å². The van der Waals surface area contributed by atoms with Gasteiger partial charge in [0.1, 0.15) is 27.6 Å². The number of esters is 1. The molecule has 0 saturated carbocycles. The van der Waals surface area contributed by atoms with Crippen LogP contribution in [0.15, 0.2) is 41.3 Å². The minimum Gasteiger partial charge on any atom is -0.455 e. The van der Waals surface area contributed by atoms with Crippen molar-refractivity contribution in [2.24, 2.45) is 0 Å². The number of nitrogens with two attached hydrogens (primary N) is 1. The SMILES string of the molecule is CC(C)(C)OC(=O)c1nc2c(N)cc(OS(=O)(=O)c3ccc(F)cc3)cc2s1. The molecule has 148 valence electrons. The molecule has 0 atom stereocenters. The summed E-state index contributed by atoms with van der Waals surface area (Å²) in [6.45, 7) is 5.20. The highest BCUT2D eigenvalue weighted by atomic mass is 32.2. The van der Waals surface area contributed by atoms with E-state index in [1.807, 2.05) is 0 Å². The maximum Gasteiger partial charge on any atom is 0.367 e. The third-order valence-electron chi connectivity index (χ3n) is 3.38. The number of halogens is 1. The number of benzene rings is 2. The lowest BCUT2D eigenvalue weighted by Crippen LogP contribution is -2.23. The molecule has 0 spiro atoms. The Hall–Kier alpha value is -2.72. The van der Waals surface area contributed by atoms with Crippen LogP contribution in [0.2, 0.25) is 0 Å². The van der Waals surface area contributed by atoms with Crippen molar-refractivity contribution in [1.82, 2.24) is 4.98 Å². The lowest BCUT2D eigenvalue weighted by Gasteiger charge is -2.18. The van der Waals surface area contributed by atoms with Gasteiger partial charge < -0.3 is 14.7 Å². The Morgan fingerprint density at radius 1 is 1.18 bits per heavy atom. The summed E-state index contributed by atoms with van der Waals surface area (Å²) < 4.78 is 48.6. The fraction of sp³-hybridized carbons (Fsp3) is 0.222. The van der Waals surface area contributed by atoms with Crippen molar-refractivity contribution in [3.8, 4) is 5.75 Å². The van der Waals surface area contributed by atoms with Gasteiger partial charge in [0, 0.05) is 12.1 Å². The number of thiazole rings is 1. The molecule has 0 radical (unpaired) electrons. The Kier molecular flexibility index (Phi) is 5.02. The van der Waals surface area contributed by atoms with Crippen LogP contribution in [0.1, 0.15) is 30.6 Å². The molecule has 1 heterocycles. The average Bonchev–Trinajstić information content (AvgIpc) is 2.98. The standard InChI is InChI=1S/C18H17FN2O5S2/c1-18(2,3)25-17(22)16-21-15-13(20)8-11(9-14(15)27-16)26-28(23,24)12-6-4-10(19)5-7-12/h4-9H,20H2,1-3H3. The highest BCUT2D eigenvalue weighted by Gasteiger charge is 2.23. The summed E-state index contributed by atoms with van der Waals surface area (Å²) in [5.74, 6) is -1.22. The number of nitrogen functional groups attached to an aromatic ring is 1. The first-order chi connectivity index (χ1) is 12.9. The number of fused-ring (bicyclic) bond motifs is 1. The molecule has 0 fully saturated rings. The number of rotatable bonds is 4. The first-order valence-corrected chi connectivity index (χ1v) is 10.3. The van der Waals surface area contributed by atoms with Gasteiger partial charge in [-0.15, -0.1) is 11.3 Å². The van der Waals surface area contributed by atoms with E-state index < -0.39 is 27.5 Å². The molecule has 7 nitrogen and oxygen atoms in total. The molecule has 2 N–H and O–H groups in total. The van der Waals surface area contributed by atoms with Gasteiger partial charge in [-0.05, 0) is 45.0 Å². The van der Waals surface area contributed by atoms with E-state index in [1.165, 1.54) is 12.1 Å². The minimum absolute atomic E-state index is 0.0475. The molecule has 2 aromatic carbocycles. The Labute approximate surface area is 165 Å². The van der Waals surface area contributed by atoms with E-state index in [2.05, 4.69) is 4.98 Å². The first kappa shape index (κ1) is 20.0. The second-order valence-electron chi connectivity index (χ2n) is 6.87. The van der Waals surface area contributed by atoms with Crippen LogP contribution in [0.25, 0.3) is 10.2 Å². The van der Waals surface area contributed by atoms with Crippen molar-refractivity contribution in [2.75, 3.05) is 5.73 Å². The van der Waals surface area contributed by atoms with E-state index in [9.17, 15) is 17.6 Å². The summed E-state index contributed by atoms with van der Waals surface area (Å²) in [4.78, 5) is 16.2. The van der Waals surface area contributed by atoms with Gasteiger partial charge in [0.05, 0.1) is 10.4 Å². The van der Waals surface area contributed by atoms with Crippen LogP contribution >= 0.6 is 11.3 Å². The van der Waals surface area contributed by atoms with E-state index in [-0.39, 0.29) is 21.3 Å². The van der Waals surface area contributed by atoms with Crippen LogP contribution in [0.3, 0.4) is 0 Å². The quantitative estimate of drug-likeness (QED) is 0.386. The number of nitrogens with zero attached hydrogens (tertiary/aromatic N) is 1. The van der Waals surface area contributed by atoms with Crippen molar-refractivity contribution < 1.29 is 26.5 Å². The van der Waals surface area contributed by atoms with Crippen molar-refractivity contribution in [1.29, 1.82) is 0 Å². The largest absolute Gasteiger partial charge is 0.455 e. The summed E-state index contributed by atoms with van der Waals surface area (Å²) >= 11 is 1.01. The summed E-state index contributed by atoms with van der Waals surface area (Å²) in [6, 6.07) is 6.94. The molecule has 1 aromatic heterocycles. The Bertz CT molecular complexity index is 1150. The van der Waals surface area contributed by atoms with Gasteiger partial charge in [0.15, 0.2) is 0 Å². The lowest BCUT2D eigenvalue weighted by atomic mass is 10.2. The van der Waals surface area contributed by atoms with Crippen LogP contribution in [0.4, 0.5) is 10.1 Å². The van der Waals surface area contributed by atoms with Gasteiger partial charge in [0.25, 0.3) is 0 Å². The van der Waals surface area contributed by atoms with Gasteiger partial charge in [-0.25, -0.2) is 14.2 Å². The zero-order chi connectivity index (χ0) is 20.7. The third kappa shape index (κ3) is 4.39. The van der Waals surface area contributed by atoms with Gasteiger partial charge >= 0.3 is 16.1 Å². The number of aromatic nitrogens is 1. The maximum absolute atomic E-state index is 13.0. The number of carbonyl (C=O) groups is 1. The number of hydrogen-bond acceptors (Lipinski definition) is 8. The van der Waals surface area contributed by atoms with E-state index in [0.717, 1.165) is 35.6 Å². The fourth-order valence-electron chi connectivity index (χ4n) is 2.26. The second-order valence-corrected chi connectivity index (χ2v) is 9.45. The van der Waals surface area contributed by atoms with Gasteiger partial charge in [-0.3, -0.25) is 0 Å². The predicted octanol–water partition coefficient (Wildman–Crippen LogP) is 3.74. The molecular weight excluding hydrogens is 407 g/mol. The van der Waals surface area contributed by atoms with E-state index >= 15 is 0 Å². The molecule has 0 amide bonds. The molecule has 3 aromatic rings. The average molecular weight is 424 g/mol. The molecule has 0 aliphatic rings. The minimum atomic E-state index is -4.18. The highest BCUT2D eigenvalue weighted by Crippen LogP contribution is 2.33. The molecule has 10 heteroatoms. The Morgan fingerprint density at radius 2 is 1.82 bits per heavy atom. The molecule has 0 aliphatic heterocycles. The first-order valence-electron chi connectivity index (χ1n) is 8.08.